The Kier molecular flexibility index (Phi) is 2.94. The lowest BCUT2D eigenvalue weighted by atomic mass is 10.0. The average molecular weight is 273 g/mol. The first-order valence-corrected chi connectivity index (χ1v) is 6.75. The molecule has 0 atom stereocenters. The third-order valence-corrected chi connectivity index (χ3v) is 3.83. The lowest BCUT2D eigenvalue weighted by molar-refractivity contribution is -0.0369. The Morgan fingerprint density at radius 1 is 1.45 bits per heavy atom. The Morgan fingerprint density at radius 3 is 3.00 bits per heavy atom. The predicted molar refractivity (Wildman–Crippen MR) is 78.6 cm³/mol. The molecule has 106 valence electrons. The van der Waals surface area contributed by atoms with Crippen molar-refractivity contribution < 1.29 is 9.53 Å². The monoisotopic (exact) mass is 273 g/mol. The fourth-order valence-corrected chi connectivity index (χ4v) is 2.70. The maximum absolute atomic E-state index is 12.8. The Balaban J connectivity index is 2.02. The minimum Gasteiger partial charge on any atom is -0.399 e. The standard InChI is InChI=1S/C15H19N3O2/c1-15(2)9-20-6-5-18(15)14(19)12-8-17-13-4-3-10(16)7-11(12)13/h3-4,7-8,17H,5-6,9,16H2,1-2H3. The first kappa shape index (κ1) is 13.0. The van der Waals surface area contributed by atoms with Crippen LogP contribution in [-0.2, 0) is 4.74 Å². The molecule has 1 aromatic heterocycles. The van der Waals surface area contributed by atoms with E-state index in [9.17, 15) is 4.79 Å². The number of nitrogens with one attached hydrogen (secondary N) is 1. The molecule has 0 radical (unpaired) electrons. The number of nitrogens with zero attached hydrogens (tertiary/aromatic N) is 1. The Morgan fingerprint density at radius 2 is 2.25 bits per heavy atom. The number of aromatic nitrogens is 1. The van der Waals surface area contributed by atoms with E-state index in [1.807, 2.05) is 36.9 Å². The van der Waals surface area contributed by atoms with Crippen LogP contribution in [0.25, 0.3) is 10.9 Å². The van der Waals surface area contributed by atoms with Gasteiger partial charge in [-0.2, -0.15) is 0 Å². The molecule has 5 heteroatoms. The zero-order valence-corrected chi connectivity index (χ0v) is 11.8. The van der Waals surface area contributed by atoms with Crippen LogP contribution >= 0.6 is 0 Å². The molecule has 0 aliphatic carbocycles. The zero-order valence-electron chi connectivity index (χ0n) is 11.8. The molecule has 3 rings (SSSR count). The number of nitrogen functional groups attached to an aromatic ring is 1. The van der Waals surface area contributed by atoms with Gasteiger partial charge in [-0.3, -0.25) is 4.79 Å². The minimum atomic E-state index is -0.292. The van der Waals surface area contributed by atoms with Crippen LogP contribution in [0.1, 0.15) is 24.2 Å². The minimum absolute atomic E-state index is 0.0233. The fourth-order valence-electron chi connectivity index (χ4n) is 2.70. The second-order valence-corrected chi connectivity index (χ2v) is 5.83. The summed E-state index contributed by atoms with van der Waals surface area (Å²) in [6.07, 6.45) is 1.76. The highest BCUT2D eigenvalue weighted by Gasteiger charge is 2.35. The molecule has 0 unspecified atom stereocenters. The normalized spacial score (nSPS) is 18.4. The third kappa shape index (κ3) is 2.04. The van der Waals surface area contributed by atoms with E-state index in [4.69, 9.17) is 10.5 Å². The number of fused-ring (bicyclic) bond motifs is 1. The van der Waals surface area contributed by atoms with Gasteiger partial charge >= 0.3 is 0 Å². The summed E-state index contributed by atoms with van der Waals surface area (Å²) in [4.78, 5) is 17.8. The maximum atomic E-state index is 12.8. The first-order chi connectivity index (χ1) is 9.49. The number of amides is 1. The maximum Gasteiger partial charge on any atom is 0.256 e. The number of H-pyrrole nitrogens is 1. The third-order valence-electron chi connectivity index (χ3n) is 3.83. The summed E-state index contributed by atoms with van der Waals surface area (Å²) in [5, 5.41) is 0.872. The molecule has 1 aliphatic heterocycles. The van der Waals surface area contributed by atoms with Crippen LogP contribution in [0, 0.1) is 0 Å². The molecule has 1 aliphatic rings. The smallest absolute Gasteiger partial charge is 0.256 e. The van der Waals surface area contributed by atoms with Crippen LogP contribution in [0.3, 0.4) is 0 Å². The molecule has 2 heterocycles. The van der Waals surface area contributed by atoms with Crippen LogP contribution in [0.2, 0.25) is 0 Å². The van der Waals surface area contributed by atoms with Crippen molar-refractivity contribution in [2.45, 2.75) is 19.4 Å². The largest absolute Gasteiger partial charge is 0.399 e. The molecule has 0 bridgehead atoms. The average Bonchev–Trinajstić information content (AvgIpc) is 2.80. The van der Waals surface area contributed by atoms with E-state index in [-0.39, 0.29) is 11.4 Å². The summed E-state index contributed by atoms with van der Waals surface area (Å²) in [5.74, 6) is 0.0233. The van der Waals surface area contributed by atoms with Crippen LogP contribution in [-0.4, -0.2) is 41.1 Å². The number of carbonyl (C=O) groups excluding carboxylic acids is 1. The van der Waals surface area contributed by atoms with Crippen molar-refractivity contribution in [1.29, 1.82) is 0 Å². The summed E-state index contributed by atoms with van der Waals surface area (Å²) in [6.45, 7) is 5.80. The van der Waals surface area contributed by atoms with Gasteiger partial charge in [-0.15, -0.1) is 0 Å². The molecule has 1 aromatic carbocycles. The van der Waals surface area contributed by atoms with Crippen molar-refractivity contribution in [3.63, 3.8) is 0 Å². The van der Waals surface area contributed by atoms with Gasteiger partial charge in [0.15, 0.2) is 0 Å². The number of hydrogen-bond acceptors (Lipinski definition) is 3. The topological polar surface area (TPSA) is 71.3 Å². The highest BCUT2D eigenvalue weighted by Crippen LogP contribution is 2.26. The van der Waals surface area contributed by atoms with Gasteiger partial charge in [-0.05, 0) is 32.0 Å². The van der Waals surface area contributed by atoms with Crippen LogP contribution in [0.4, 0.5) is 5.69 Å². The molecular weight excluding hydrogens is 254 g/mol. The van der Waals surface area contributed by atoms with Crippen LogP contribution in [0.15, 0.2) is 24.4 Å². The van der Waals surface area contributed by atoms with Crippen LogP contribution in [0.5, 0.6) is 0 Å². The number of ether oxygens (including phenoxy) is 1. The molecule has 3 N–H and O–H groups in total. The van der Waals surface area contributed by atoms with E-state index in [1.165, 1.54) is 0 Å². The van der Waals surface area contributed by atoms with Crippen molar-refractivity contribution in [3.8, 4) is 0 Å². The summed E-state index contributed by atoms with van der Waals surface area (Å²) in [5.41, 5.74) is 7.79. The number of aromatic amines is 1. The van der Waals surface area contributed by atoms with Gasteiger partial charge in [-0.25, -0.2) is 0 Å². The van der Waals surface area contributed by atoms with Crippen molar-refractivity contribution >= 4 is 22.5 Å². The molecule has 2 aromatic rings. The Bertz CT molecular complexity index is 660. The van der Waals surface area contributed by atoms with E-state index < -0.39 is 0 Å². The number of anilines is 1. The van der Waals surface area contributed by atoms with Crippen molar-refractivity contribution in [1.82, 2.24) is 9.88 Å². The van der Waals surface area contributed by atoms with Gasteiger partial charge in [0.2, 0.25) is 0 Å². The number of rotatable bonds is 1. The molecular formula is C15H19N3O2. The van der Waals surface area contributed by atoms with E-state index in [1.54, 1.807) is 6.20 Å². The fraction of sp³-hybridized carbons (Fsp3) is 0.400. The van der Waals surface area contributed by atoms with E-state index >= 15 is 0 Å². The van der Waals surface area contributed by atoms with E-state index in [0.717, 1.165) is 10.9 Å². The lowest BCUT2D eigenvalue weighted by Crippen LogP contribution is -2.55. The Hall–Kier alpha value is -2.01. The van der Waals surface area contributed by atoms with Crippen molar-refractivity contribution in [2.75, 3.05) is 25.5 Å². The molecule has 5 nitrogen and oxygen atoms in total. The summed E-state index contributed by atoms with van der Waals surface area (Å²) >= 11 is 0. The van der Waals surface area contributed by atoms with E-state index in [0.29, 0.717) is 31.0 Å². The predicted octanol–water partition coefficient (Wildman–Crippen LogP) is 2.00. The number of hydrogen-bond donors (Lipinski definition) is 2. The quantitative estimate of drug-likeness (QED) is 0.781. The number of carbonyl (C=O) groups is 1. The number of benzene rings is 1. The molecule has 1 saturated heterocycles. The zero-order chi connectivity index (χ0) is 14.3. The van der Waals surface area contributed by atoms with Gasteiger partial charge in [0, 0.05) is 29.3 Å². The lowest BCUT2D eigenvalue weighted by Gasteiger charge is -2.42. The molecule has 0 saturated carbocycles. The highest BCUT2D eigenvalue weighted by molar-refractivity contribution is 6.07. The second kappa shape index (κ2) is 4.52. The Labute approximate surface area is 117 Å². The second-order valence-electron chi connectivity index (χ2n) is 5.83. The van der Waals surface area contributed by atoms with E-state index in [2.05, 4.69) is 4.98 Å². The molecule has 1 amide bonds. The summed E-state index contributed by atoms with van der Waals surface area (Å²) in [6, 6.07) is 5.56. The summed E-state index contributed by atoms with van der Waals surface area (Å²) in [7, 11) is 0. The van der Waals surface area contributed by atoms with Gasteiger partial charge in [-0.1, -0.05) is 0 Å². The van der Waals surface area contributed by atoms with Gasteiger partial charge in [0.25, 0.3) is 5.91 Å². The van der Waals surface area contributed by atoms with Crippen molar-refractivity contribution in [3.05, 3.63) is 30.0 Å². The van der Waals surface area contributed by atoms with Crippen LogP contribution < -0.4 is 5.73 Å². The molecule has 0 spiro atoms. The molecule has 20 heavy (non-hydrogen) atoms. The number of morpholine rings is 1. The van der Waals surface area contributed by atoms with Crippen molar-refractivity contribution in [2.24, 2.45) is 0 Å². The van der Waals surface area contributed by atoms with Gasteiger partial charge in [0.1, 0.15) is 0 Å². The SMILES string of the molecule is CC1(C)COCCN1C(=O)c1c[nH]c2ccc(N)cc12. The summed E-state index contributed by atoms with van der Waals surface area (Å²) < 4.78 is 5.47. The highest BCUT2D eigenvalue weighted by atomic mass is 16.5. The first-order valence-electron chi connectivity index (χ1n) is 6.75. The molecule has 1 fully saturated rings. The van der Waals surface area contributed by atoms with Gasteiger partial charge < -0.3 is 20.4 Å². The number of nitrogens with two attached hydrogens (primary N) is 1. The van der Waals surface area contributed by atoms with Gasteiger partial charge in [0.05, 0.1) is 24.3 Å².